The average Bonchev–Trinajstić information content (AvgIpc) is 3.60. The van der Waals surface area contributed by atoms with Gasteiger partial charge in [0.05, 0.1) is 24.5 Å². The standard InChI is InChI=1S/C36H38N6O5S/c1-3-37-35(45)38-20-28-6-4-5-7-31(28)25-12-14-27(15-13-25)34-46-32(23(2)33(47-34)26-10-8-24(21-43)9-11-26)22-48-36-39-40-41-42(36)29-16-18-30(44)19-17-29/h4-19,23,32-34,43-44H,3,20-22H2,1-2H3,(H2,37,38,45). The Hall–Kier alpha value is -4.75. The minimum atomic E-state index is -0.633. The molecule has 4 N–H and O–H groups in total. The largest absolute Gasteiger partial charge is 0.508 e. The number of phenols is 1. The van der Waals surface area contributed by atoms with Crippen molar-refractivity contribution in [3.63, 3.8) is 0 Å². The third-order valence-corrected chi connectivity index (χ3v) is 9.33. The molecule has 4 unspecified atom stereocenters. The first kappa shape index (κ1) is 33.2. The van der Waals surface area contributed by atoms with Gasteiger partial charge >= 0.3 is 6.03 Å². The van der Waals surface area contributed by atoms with Crippen LogP contribution in [0.1, 0.15) is 48.5 Å². The van der Waals surface area contributed by atoms with Crippen molar-refractivity contribution in [2.45, 2.75) is 50.7 Å². The molecule has 5 aromatic rings. The number of carbonyl (C=O) groups is 1. The molecule has 12 heteroatoms. The molecule has 0 spiro atoms. The van der Waals surface area contributed by atoms with Gasteiger partial charge in [0, 0.05) is 30.3 Å². The predicted molar refractivity (Wildman–Crippen MR) is 182 cm³/mol. The molecule has 1 aliphatic rings. The first-order valence-electron chi connectivity index (χ1n) is 15.8. The third-order valence-electron chi connectivity index (χ3n) is 8.32. The number of hydrogen-bond donors (Lipinski definition) is 4. The highest BCUT2D eigenvalue weighted by Gasteiger charge is 2.38. The zero-order valence-electron chi connectivity index (χ0n) is 26.7. The van der Waals surface area contributed by atoms with Crippen LogP contribution < -0.4 is 10.6 Å². The van der Waals surface area contributed by atoms with E-state index >= 15 is 0 Å². The van der Waals surface area contributed by atoms with Crippen molar-refractivity contribution < 1.29 is 24.5 Å². The molecule has 11 nitrogen and oxygen atoms in total. The van der Waals surface area contributed by atoms with E-state index in [2.05, 4.69) is 33.1 Å². The summed E-state index contributed by atoms with van der Waals surface area (Å²) < 4.78 is 14.9. The third kappa shape index (κ3) is 7.69. The van der Waals surface area contributed by atoms with Gasteiger partial charge in [-0.3, -0.25) is 0 Å². The molecule has 1 aromatic heterocycles. The lowest BCUT2D eigenvalue weighted by Gasteiger charge is -2.41. The van der Waals surface area contributed by atoms with Gasteiger partial charge in [0.15, 0.2) is 6.29 Å². The van der Waals surface area contributed by atoms with E-state index in [1.807, 2.05) is 79.7 Å². The SMILES string of the molecule is CCNC(=O)NCc1ccccc1-c1ccc(C2OC(CSc3nnnn3-c3ccc(O)cc3)C(C)C(c3ccc(CO)cc3)O2)cc1. The summed E-state index contributed by atoms with van der Waals surface area (Å²) in [5, 5.41) is 37.9. The van der Waals surface area contributed by atoms with E-state index in [1.165, 1.54) is 11.8 Å². The van der Waals surface area contributed by atoms with Crippen molar-refractivity contribution in [1.29, 1.82) is 0 Å². The second kappa shape index (κ2) is 15.4. The molecule has 0 saturated carbocycles. The van der Waals surface area contributed by atoms with Gasteiger partial charge in [-0.2, -0.15) is 4.68 Å². The fourth-order valence-electron chi connectivity index (χ4n) is 5.67. The molecule has 4 atom stereocenters. The maximum atomic E-state index is 12.0. The zero-order chi connectivity index (χ0) is 33.5. The van der Waals surface area contributed by atoms with Gasteiger partial charge in [-0.15, -0.1) is 5.10 Å². The number of carbonyl (C=O) groups excluding carboxylic acids is 1. The van der Waals surface area contributed by atoms with Crippen LogP contribution in [-0.2, 0) is 22.6 Å². The van der Waals surface area contributed by atoms with E-state index in [1.54, 1.807) is 28.9 Å². The van der Waals surface area contributed by atoms with Crippen LogP contribution in [-0.4, -0.2) is 54.9 Å². The van der Waals surface area contributed by atoms with Gasteiger partial charge in [-0.1, -0.05) is 91.5 Å². The Labute approximate surface area is 283 Å². The summed E-state index contributed by atoms with van der Waals surface area (Å²) in [5.41, 5.74) is 6.51. The maximum Gasteiger partial charge on any atom is 0.315 e. The van der Waals surface area contributed by atoms with Crippen LogP contribution in [0.15, 0.2) is 102 Å². The molecule has 248 valence electrons. The van der Waals surface area contributed by atoms with Crippen LogP contribution >= 0.6 is 11.8 Å². The zero-order valence-corrected chi connectivity index (χ0v) is 27.5. The molecule has 0 bridgehead atoms. The summed E-state index contributed by atoms with van der Waals surface area (Å²) >= 11 is 1.49. The summed E-state index contributed by atoms with van der Waals surface area (Å²) in [4.78, 5) is 12.0. The highest BCUT2D eigenvalue weighted by atomic mass is 32.2. The second-order valence-electron chi connectivity index (χ2n) is 11.5. The first-order valence-corrected chi connectivity index (χ1v) is 16.8. The molecule has 2 amide bonds. The van der Waals surface area contributed by atoms with Gasteiger partial charge in [0.25, 0.3) is 0 Å². The molecule has 1 aliphatic heterocycles. The van der Waals surface area contributed by atoms with E-state index in [0.29, 0.717) is 24.0 Å². The number of benzene rings is 4. The minimum absolute atomic E-state index is 0.0183. The number of aromatic hydroxyl groups is 1. The van der Waals surface area contributed by atoms with Crippen LogP contribution in [0.2, 0.25) is 0 Å². The Bertz CT molecular complexity index is 1800. The van der Waals surface area contributed by atoms with Crippen LogP contribution in [0.25, 0.3) is 16.8 Å². The molecule has 0 radical (unpaired) electrons. The van der Waals surface area contributed by atoms with Crippen LogP contribution in [0.3, 0.4) is 0 Å². The van der Waals surface area contributed by atoms with Crippen molar-refractivity contribution in [1.82, 2.24) is 30.8 Å². The molecule has 48 heavy (non-hydrogen) atoms. The fourth-order valence-corrected chi connectivity index (χ4v) is 6.72. The molecule has 1 fully saturated rings. The average molecular weight is 667 g/mol. The Morgan fingerprint density at radius 3 is 2.38 bits per heavy atom. The lowest BCUT2D eigenvalue weighted by molar-refractivity contribution is -0.268. The number of amides is 2. The van der Waals surface area contributed by atoms with Gasteiger partial charge in [0.2, 0.25) is 5.16 Å². The van der Waals surface area contributed by atoms with Crippen molar-refractivity contribution >= 4 is 17.8 Å². The van der Waals surface area contributed by atoms with E-state index in [9.17, 15) is 15.0 Å². The normalized spacial score (nSPS) is 19.1. The number of thioether (sulfide) groups is 1. The summed E-state index contributed by atoms with van der Waals surface area (Å²) in [5.74, 6) is 0.713. The monoisotopic (exact) mass is 666 g/mol. The molecule has 4 aromatic carbocycles. The molecular formula is C36H38N6O5S. The Morgan fingerprint density at radius 1 is 0.917 bits per heavy atom. The Kier molecular flexibility index (Phi) is 10.7. The van der Waals surface area contributed by atoms with Crippen molar-refractivity contribution in [2.75, 3.05) is 12.3 Å². The number of phenolic OH excluding ortho intramolecular Hbond substituents is 1. The molecule has 2 heterocycles. The van der Waals surface area contributed by atoms with E-state index < -0.39 is 6.29 Å². The number of rotatable bonds is 11. The first-order chi connectivity index (χ1) is 23.4. The van der Waals surface area contributed by atoms with Crippen LogP contribution in [0, 0.1) is 5.92 Å². The van der Waals surface area contributed by atoms with Crippen molar-refractivity contribution in [2.24, 2.45) is 5.92 Å². The number of aliphatic hydroxyl groups excluding tert-OH is 1. The molecule has 0 aliphatic carbocycles. The van der Waals surface area contributed by atoms with Crippen molar-refractivity contribution in [3.05, 3.63) is 119 Å². The molecule has 1 saturated heterocycles. The quantitative estimate of drug-likeness (QED) is 0.126. The number of aromatic nitrogens is 4. The summed E-state index contributed by atoms with van der Waals surface area (Å²) in [6.45, 7) is 4.94. The van der Waals surface area contributed by atoms with E-state index in [0.717, 1.165) is 39.1 Å². The summed E-state index contributed by atoms with van der Waals surface area (Å²) in [6, 6.07) is 30.5. The topological polar surface area (TPSA) is 144 Å². The smallest absolute Gasteiger partial charge is 0.315 e. The van der Waals surface area contributed by atoms with Gasteiger partial charge in [-0.25, -0.2) is 4.79 Å². The summed E-state index contributed by atoms with van der Waals surface area (Å²) in [7, 11) is 0. The number of hydrogen-bond acceptors (Lipinski definition) is 9. The fraction of sp³-hybridized carbons (Fsp3) is 0.278. The highest BCUT2D eigenvalue weighted by Crippen LogP contribution is 2.43. The van der Waals surface area contributed by atoms with Gasteiger partial charge in [-0.05, 0) is 69.4 Å². The van der Waals surface area contributed by atoms with Crippen molar-refractivity contribution in [3.8, 4) is 22.6 Å². The number of aliphatic hydroxyl groups is 1. The number of nitrogens with zero attached hydrogens (tertiary/aromatic N) is 4. The highest BCUT2D eigenvalue weighted by molar-refractivity contribution is 7.99. The number of ether oxygens (including phenoxy) is 2. The Balaban J connectivity index is 1.23. The lowest BCUT2D eigenvalue weighted by Crippen LogP contribution is -2.38. The van der Waals surface area contributed by atoms with Crippen LogP contribution in [0.4, 0.5) is 4.79 Å². The van der Waals surface area contributed by atoms with E-state index in [4.69, 9.17) is 9.47 Å². The van der Waals surface area contributed by atoms with E-state index in [-0.39, 0.29) is 36.5 Å². The Morgan fingerprint density at radius 2 is 1.65 bits per heavy atom. The number of tetrazole rings is 1. The number of nitrogens with one attached hydrogen (secondary N) is 2. The number of urea groups is 1. The lowest BCUT2D eigenvalue weighted by atomic mass is 9.91. The predicted octanol–water partition coefficient (Wildman–Crippen LogP) is 5.93. The summed E-state index contributed by atoms with van der Waals surface area (Å²) in [6.07, 6.45) is -1.12. The minimum Gasteiger partial charge on any atom is -0.508 e. The molecule has 6 rings (SSSR count). The van der Waals surface area contributed by atoms with Gasteiger partial charge in [0.1, 0.15) is 5.75 Å². The second-order valence-corrected chi connectivity index (χ2v) is 12.5. The van der Waals surface area contributed by atoms with Crippen LogP contribution in [0.5, 0.6) is 5.75 Å². The maximum absolute atomic E-state index is 12.0. The molecular weight excluding hydrogens is 629 g/mol. The van der Waals surface area contributed by atoms with Gasteiger partial charge < -0.3 is 30.3 Å².